The van der Waals surface area contributed by atoms with E-state index in [-0.39, 0.29) is 21.2 Å². The molecule has 0 heterocycles. The monoisotopic (exact) mass is 540 g/mol. The van der Waals surface area contributed by atoms with Crippen LogP contribution in [0.3, 0.4) is 0 Å². The fourth-order valence-electron chi connectivity index (χ4n) is 3.16. The van der Waals surface area contributed by atoms with E-state index in [0.29, 0.717) is 16.0 Å². The SMILES string of the molecule is Cc1cc(C=CC(c2cc(Cl)cc(Cl)c2)C(F)(F)F)ccc1C(=O)NCC(=O)N(C)CC(F)(F)F. The summed E-state index contributed by atoms with van der Waals surface area (Å²) >= 11 is 11.7. The Kier molecular flexibility index (Phi) is 9.24. The predicted molar refractivity (Wildman–Crippen MR) is 121 cm³/mol. The fourth-order valence-corrected chi connectivity index (χ4v) is 3.70. The number of aryl methyl sites for hydroxylation is 1. The molecule has 12 heteroatoms. The molecule has 2 aromatic carbocycles. The minimum absolute atomic E-state index is 0.0597. The number of carbonyl (C=O) groups excluding carboxylic acids is 2. The number of halogens is 8. The van der Waals surface area contributed by atoms with Crippen LogP contribution in [0.4, 0.5) is 26.3 Å². The summed E-state index contributed by atoms with van der Waals surface area (Å²) in [6.45, 7) is -0.578. The highest BCUT2D eigenvalue weighted by Crippen LogP contribution is 2.38. The van der Waals surface area contributed by atoms with E-state index in [9.17, 15) is 35.9 Å². The predicted octanol–water partition coefficient (Wildman–Crippen LogP) is 6.41. The van der Waals surface area contributed by atoms with Crippen LogP contribution in [0.15, 0.2) is 42.5 Å². The van der Waals surface area contributed by atoms with Gasteiger partial charge in [0.25, 0.3) is 5.91 Å². The Bertz CT molecular complexity index is 1100. The van der Waals surface area contributed by atoms with Crippen molar-refractivity contribution in [2.75, 3.05) is 20.1 Å². The second-order valence-electron chi connectivity index (χ2n) is 7.70. The number of nitrogens with one attached hydrogen (secondary N) is 1. The molecule has 190 valence electrons. The molecule has 0 aliphatic heterocycles. The summed E-state index contributed by atoms with van der Waals surface area (Å²) in [7, 11) is 0.958. The average molecular weight is 541 g/mol. The van der Waals surface area contributed by atoms with Gasteiger partial charge >= 0.3 is 12.4 Å². The normalized spacial score (nSPS) is 13.1. The minimum atomic E-state index is -4.62. The highest BCUT2D eigenvalue weighted by Gasteiger charge is 2.39. The number of nitrogens with zero attached hydrogens (tertiary/aromatic N) is 1. The van der Waals surface area contributed by atoms with Gasteiger partial charge in [-0.3, -0.25) is 9.59 Å². The lowest BCUT2D eigenvalue weighted by Crippen LogP contribution is -2.42. The van der Waals surface area contributed by atoms with E-state index in [0.717, 1.165) is 13.1 Å². The van der Waals surface area contributed by atoms with Crippen LogP contribution < -0.4 is 5.32 Å². The number of hydrogen-bond acceptors (Lipinski definition) is 2. The summed E-state index contributed by atoms with van der Waals surface area (Å²) in [5.41, 5.74) is 0.721. The molecule has 35 heavy (non-hydrogen) atoms. The molecule has 0 bridgehead atoms. The van der Waals surface area contributed by atoms with Gasteiger partial charge in [0.2, 0.25) is 5.91 Å². The van der Waals surface area contributed by atoms with E-state index in [1.165, 1.54) is 49.4 Å². The van der Waals surface area contributed by atoms with Crippen LogP contribution in [-0.2, 0) is 4.79 Å². The van der Waals surface area contributed by atoms with Crippen molar-refractivity contribution in [1.82, 2.24) is 10.2 Å². The third-order valence-corrected chi connectivity index (χ3v) is 5.25. The summed E-state index contributed by atoms with van der Waals surface area (Å²) < 4.78 is 78.0. The molecule has 0 saturated heterocycles. The van der Waals surface area contributed by atoms with Crippen LogP contribution in [0.1, 0.15) is 33.0 Å². The van der Waals surface area contributed by atoms with Crippen molar-refractivity contribution in [1.29, 1.82) is 0 Å². The number of likely N-dealkylation sites (N-methyl/N-ethyl adjacent to an activating group) is 1. The van der Waals surface area contributed by atoms with Gasteiger partial charge < -0.3 is 10.2 Å². The Morgan fingerprint density at radius 1 is 1.03 bits per heavy atom. The van der Waals surface area contributed by atoms with Crippen LogP contribution in [0.5, 0.6) is 0 Å². The van der Waals surface area contributed by atoms with Gasteiger partial charge in [-0.25, -0.2) is 0 Å². The summed E-state index contributed by atoms with van der Waals surface area (Å²) in [6, 6.07) is 7.85. The second kappa shape index (κ2) is 11.3. The minimum Gasteiger partial charge on any atom is -0.343 e. The van der Waals surface area contributed by atoms with E-state index in [2.05, 4.69) is 5.32 Å². The molecule has 0 fully saturated rings. The lowest BCUT2D eigenvalue weighted by Gasteiger charge is -2.19. The van der Waals surface area contributed by atoms with Crippen molar-refractivity contribution in [3.8, 4) is 0 Å². The standard InChI is InChI=1S/C23H20Cl2F6N2O2/c1-13-7-14(4-6-19(23(29,30)31)15-8-16(24)10-17(25)9-15)3-5-18(13)21(35)32-11-20(34)33(2)12-22(26,27)28/h3-10,19H,11-12H2,1-2H3,(H,32,35). The molecule has 2 aromatic rings. The molecule has 0 aliphatic rings. The molecule has 0 spiro atoms. The zero-order chi connectivity index (χ0) is 26.6. The van der Waals surface area contributed by atoms with Crippen molar-refractivity contribution in [2.24, 2.45) is 0 Å². The third-order valence-electron chi connectivity index (χ3n) is 4.82. The van der Waals surface area contributed by atoms with Crippen LogP contribution in [0, 0.1) is 6.92 Å². The van der Waals surface area contributed by atoms with Gasteiger partial charge in [-0.05, 0) is 47.9 Å². The first-order valence-electron chi connectivity index (χ1n) is 9.97. The molecule has 0 radical (unpaired) electrons. The molecule has 1 unspecified atom stereocenters. The maximum absolute atomic E-state index is 13.6. The number of allylic oxidation sites excluding steroid dienone is 1. The van der Waals surface area contributed by atoms with E-state index in [4.69, 9.17) is 23.2 Å². The Balaban J connectivity index is 2.14. The van der Waals surface area contributed by atoms with Gasteiger partial charge in [-0.2, -0.15) is 26.3 Å². The van der Waals surface area contributed by atoms with Gasteiger partial charge in [0, 0.05) is 22.7 Å². The Morgan fingerprint density at radius 2 is 1.63 bits per heavy atom. The Labute approximate surface area is 207 Å². The smallest absolute Gasteiger partial charge is 0.343 e. The Morgan fingerprint density at radius 3 is 2.14 bits per heavy atom. The van der Waals surface area contributed by atoms with Crippen LogP contribution in [0.25, 0.3) is 6.08 Å². The molecular formula is C23H20Cl2F6N2O2. The van der Waals surface area contributed by atoms with Gasteiger partial charge in [0.05, 0.1) is 12.5 Å². The quantitative estimate of drug-likeness (QED) is 0.412. The number of amides is 2. The third kappa shape index (κ3) is 8.78. The van der Waals surface area contributed by atoms with Crippen LogP contribution in [0.2, 0.25) is 10.0 Å². The molecule has 0 aromatic heterocycles. The number of alkyl halides is 6. The fraction of sp³-hybridized carbons (Fsp3) is 0.304. The highest BCUT2D eigenvalue weighted by atomic mass is 35.5. The van der Waals surface area contributed by atoms with Crippen molar-refractivity contribution >= 4 is 41.1 Å². The number of hydrogen-bond donors (Lipinski definition) is 1. The zero-order valence-corrected chi connectivity index (χ0v) is 19.9. The molecule has 2 rings (SSSR count). The van der Waals surface area contributed by atoms with E-state index in [1.54, 1.807) is 0 Å². The maximum atomic E-state index is 13.6. The lowest BCUT2D eigenvalue weighted by atomic mass is 9.96. The van der Waals surface area contributed by atoms with Gasteiger partial charge in [0.15, 0.2) is 0 Å². The first-order valence-corrected chi connectivity index (χ1v) is 10.7. The first kappa shape index (κ1) is 28.5. The van der Waals surface area contributed by atoms with Crippen molar-refractivity contribution in [3.05, 3.63) is 74.8 Å². The summed E-state index contributed by atoms with van der Waals surface area (Å²) in [4.78, 5) is 24.6. The van der Waals surface area contributed by atoms with Gasteiger partial charge in [0.1, 0.15) is 6.54 Å². The summed E-state index contributed by atoms with van der Waals surface area (Å²) in [6.07, 6.45) is -7.02. The summed E-state index contributed by atoms with van der Waals surface area (Å²) in [5, 5.41) is 2.36. The zero-order valence-electron chi connectivity index (χ0n) is 18.4. The van der Waals surface area contributed by atoms with Gasteiger partial charge in [-0.1, -0.05) is 47.5 Å². The van der Waals surface area contributed by atoms with E-state index < -0.39 is 43.2 Å². The van der Waals surface area contributed by atoms with Crippen molar-refractivity contribution in [3.63, 3.8) is 0 Å². The highest BCUT2D eigenvalue weighted by molar-refractivity contribution is 6.34. The molecule has 0 aliphatic carbocycles. The number of rotatable bonds is 7. The van der Waals surface area contributed by atoms with E-state index in [1.807, 2.05) is 0 Å². The molecule has 4 nitrogen and oxygen atoms in total. The second-order valence-corrected chi connectivity index (χ2v) is 8.58. The van der Waals surface area contributed by atoms with E-state index >= 15 is 0 Å². The molecule has 0 saturated carbocycles. The average Bonchev–Trinajstić information content (AvgIpc) is 2.69. The van der Waals surface area contributed by atoms with Crippen molar-refractivity contribution < 1.29 is 35.9 Å². The van der Waals surface area contributed by atoms with Crippen LogP contribution in [-0.4, -0.2) is 49.2 Å². The van der Waals surface area contributed by atoms with Crippen molar-refractivity contribution in [2.45, 2.75) is 25.2 Å². The summed E-state index contributed by atoms with van der Waals surface area (Å²) in [5.74, 6) is -3.64. The van der Waals surface area contributed by atoms with Gasteiger partial charge in [-0.15, -0.1) is 0 Å². The van der Waals surface area contributed by atoms with Crippen LogP contribution >= 0.6 is 23.2 Å². The maximum Gasteiger partial charge on any atom is 0.406 e. The number of carbonyl (C=O) groups is 2. The molecule has 1 N–H and O–H groups in total. The Hall–Kier alpha value is -2.72. The molecule has 2 amide bonds. The molecule has 1 atom stereocenters. The lowest BCUT2D eigenvalue weighted by molar-refractivity contribution is -0.157. The largest absolute Gasteiger partial charge is 0.406 e. The molecular weight excluding hydrogens is 521 g/mol. The topological polar surface area (TPSA) is 49.4 Å². The first-order chi connectivity index (χ1) is 16.1. The number of benzene rings is 2.